The van der Waals surface area contributed by atoms with Crippen molar-refractivity contribution in [1.29, 1.82) is 0 Å². The second-order valence-corrected chi connectivity index (χ2v) is 12.3. The van der Waals surface area contributed by atoms with Crippen LogP contribution in [0.3, 0.4) is 0 Å². The lowest BCUT2D eigenvalue weighted by Crippen LogP contribution is -2.24. The Hall–Kier alpha value is -2.96. The van der Waals surface area contributed by atoms with Crippen LogP contribution >= 0.6 is 0 Å². The zero-order valence-corrected chi connectivity index (χ0v) is 19.6. The molecule has 0 bridgehead atoms. The van der Waals surface area contributed by atoms with Crippen molar-refractivity contribution >= 4 is 19.7 Å². The van der Waals surface area contributed by atoms with Gasteiger partial charge in [-0.2, -0.15) is 0 Å². The first kappa shape index (κ1) is 21.9. The molecule has 0 aliphatic heterocycles. The van der Waals surface area contributed by atoms with Crippen LogP contribution < -0.4 is 0 Å². The first-order valence-corrected chi connectivity index (χ1v) is 14.0. The molecule has 1 unspecified atom stereocenters. The average molecular weight is 477 g/mol. The number of rotatable bonds is 5. The van der Waals surface area contributed by atoms with Gasteiger partial charge in [-0.3, -0.25) is 0 Å². The maximum Gasteiger partial charge on any atom is 0.203 e. The Balaban J connectivity index is 1.73. The fourth-order valence-electron chi connectivity index (χ4n) is 4.85. The van der Waals surface area contributed by atoms with Crippen LogP contribution in [0.15, 0.2) is 122 Å². The van der Waals surface area contributed by atoms with Crippen molar-refractivity contribution in [3.63, 3.8) is 0 Å². The number of hydrogen-bond acceptors (Lipinski definition) is 4. The summed E-state index contributed by atoms with van der Waals surface area (Å²) in [7, 11) is -7.44. The van der Waals surface area contributed by atoms with E-state index in [1.54, 1.807) is 60.7 Å². The minimum Gasteiger partial charge on any atom is -0.219 e. The summed E-state index contributed by atoms with van der Waals surface area (Å²) in [4.78, 5) is 1.24. The van der Waals surface area contributed by atoms with Crippen molar-refractivity contribution in [2.24, 2.45) is 0 Å². The van der Waals surface area contributed by atoms with Gasteiger partial charge in [-0.05, 0) is 66.7 Å². The molecule has 3 aromatic carbocycles. The Bertz CT molecular complexity index is 1450. The summed E-state index contributed by atoms with van der Waals surface area (Å²) in [5.74, 6) is -0.131. The minimum atomic E-state index is -3.74. The van der Waals surface area contributed by atoms with Crippen molar-refractivity contribution in [2.75, 3.05) is 0 Å². The van der Waals surface area contributed by atoms with E-state index in [2.05, 4.69) is 0 Å². The minimum absolute atomic E-state index is 0.131. The quantitative estimate of drug-likeness (QED) is 0.466. The Morgan fingerprint density at radius 3 is 1.58 bits per heavy atom. The highest BCUT2D eigenvalue weighted by molar-refractivity contribution is 7.95. The lowest BCUT2D eigenvalue weighted by molar-refractivity contribution is 0.593. The van der Waals surface area contributed by atoms with Crippen molar-refractivity contribution in [3.8, 4) is 0 Å². The maximum absolute atomic E-state index is 13.7. The molecule has 168 valence electrons. The molecule has 5 rings (SSSR count). The Morgan fingerprint density at radius 1 is 0.576 bits per heavy atom. The van der Waals surface area contributed by atoms with Crippen molar-refractivity contribution in [3.05, 3.63) is 118 Å². The van der Waals surface area contributed by atoms with Gasteiger partial charge in [0.05, 0.1) is 19.6 Å². The van der Waals surface area contributed by atoms with Gasteiger partial charge in [0.15, 0.2) is 0 Å². The molecule has 1 atom stereocenters. The molecule has 3 aromatic rings. The second-order valence-electron chi connectivity index (χ2n) is 8.39. The van der Waals surface area contributed by atoms with Crippen LogP contribution in [0.4, 0.5) is 0 Å². The molecule has 0 radical (unpaired) electrons. The molecule has 1 saturated carbocycles. The van der Waals surface area contributed by atoms with Gasteiger partial charge in [-0.25, -0.2) is 16.8 Å². The summed E-state index contributed by atoms with van der Waals surface area (Å²) >= 11 is 0. The molecule has 2 aliphatic carbocycles. The SMILES string of the molecule is O=S(=O)(C1=C2CC(c3ccccc3)C2=C(S(=O)(=O)c2ccccc2)CCC1)c1ccccc1. The van der Waals surface area contributed by atoms with Crippen molar-refractivity contribution < 1.29 is 16.8 Å². The van der Waals surface area contributed by atoms with Gasteiger partial charge >= 0.3 is 0 Å². The van der Waals surface area contributed by atoms with Crippen LogP contribution in [0.25, 0.3) is 0 Å². The number of sulfone groups is 2. The Labute approximate surface area is 195 Å². The van der Waals surface area contributed by atoms with E-state index in [1.165, 1.54) is 0 Å². The summed E-state index contributed by atoms with van der Waals surface area (Å²) < 4.78 is 54.5. The summed E-state index contributed by atoms with van der Waals surface area (Å²) in [5.41, 5.74) is 2.37. The summed E-state index contributed by atoms with van der Waals surface area (Å²) in [6.07, 6.45) is 1.66. The third-order valence-corrected chi connectivity index (χ3v) is 10.4. The molecular weight excluding hydrogens is 452 g/mol. The largest absolute Gasteiger partial charge is 0.219 e. The average Bonchev–Trinajstić information content (AvgIpc) is 2.98. The third kappa shape index (κ3) is 3.77. The molecule has 0 saturated heterocycles. The molecule has 33 heavy (non-hydrogen) atoms. The highest BCUT2D eigenvalue weighted by Crippen LogP contribution is 2.55. The van der Waals surface area contributed by atoms with E-state index in [4.69, 9.17) is 0 Å². The van der Waals surface area contributed by atoms with E-state index >= 15 is 0 Å². The molecule has 2 aliphatic rings. The van der Waals surface area contributed by atoms with Gasteiger partial charge in [-0.15, -0.1) is 0 Å². The van der Waals surface area contributed by atoms with E-state index in [1.807, 2.05) is 30.3 Å². The molecule has 4 nitrogen and oxygen atoms in total. The Morgan fingerprint density at radius 2 is 1.03 bits per heavy atom. The van der Waals surface area contributed by atoms with Crippen LogP contribution in [0.2, 0.25) is 0 Å². The first-order chi connectivity index (χ1) is 15.9. The number of hydrogen-bond donors (Lipinski definition) is 0. The molecular formula is C27H24O4S2. The normalized spacial score (nSPS) is 19.0. The van der Waals surface area contributed by atoms with E-state index in [-0.39, 0.29) is 15.7 Å². The topological polar surface area (TPSA) is 68.3 Å². The molecule has 1 fully saturated rings. The van der Waals surface area contributed by atoms with Crippen molar-refractivity contribution in [1.82, 2.24) is 0 Å². The fraction of sp³-hybridized carbons (Fsp3) is 0.185. The standard InChI is InChI=1S/C27H24O4S2/c28-32(29,21-13-6-2-7-14-21)25-17-10-18-26(33(30,31)22-15-8-3-9-16-22)27-23(19-24(25)27)20-11-4-1-5-12-20/h1-9,11-16,23H,10,17-19H2. The zero-order valence-electron chi connectivity index (χ0n) is 18.0. The molecule has 0 spiro atoms. The molecule has 0 amide bonds. The van der Waals surface area contributed by atoms with Gasteiger partial charge in [0.2, 0.25) is 19.7 Å². The van der Waals surface area contributed by atoms with E-state index in [0.29, 0.717) is 46.6 Å². The maximum atomic E-state index is 13.7. The van der Waals surface area contributed by atoms with Crippen LogP contribution in [0.1, 0.15) is 37.2 Å². The van der Waals surface area contributed by atoms with Crippen LogP contribution in [-0.4, -0.2) is 16.8 Å². The zero-order chi connectivity index (χ0) is 23.1. The van der Waals surface area contributed by atoms with Gasteiger partial charge in [0, 0.05) is 5.92 Å². The lowest BCUT2D eigenvalue weighted by Gasteiger charge is -2.37. The summed E-state index contributed by atoms with van der Waals surface area (Å²) in [5, 5.41) is 0. The van der Waals surface area contributed by atoms with Crippen LogP contribution in [0.5, 0.6) is 0 Å². The molecule has 0 heterocycles. The third-order valence-electron chi connectivity index (χ3n) is 6.48. The molecule has 0 N–H and O–H groups in total. The highest BCUT2D eigenvalue weighted by Gasteiger charge is 2.43. The number of fused-ring (bicyclic) bond motifs is 1. The van der Waals surface area contributed by atoms with Gasteiger partial charge in [0.1, 0.15) is 0 Å². The highest BCUT2D eigenvalue weighted by atomic mass is 32.2. The van der Waals surface area contributed by atoms with Gasteiger partial charge in [0.25, 0.3) is 0 Å². The van der Waals surface area contributed by atoms with Crippen LogP contribution in [-0.2, 0) is 19.7 Å². The summed E-state index contributed by atoms with van der Waals surface area (Å²) in [6, 6.07) is 26.6. The van der Waals surface area contributed by atoms with Gasteiger partial charge < -0.3 is 0 Å². The second kappa shape index (κ2) is 8.43. The smallest absolute Gasteiger partial charge is 0.203 e. The predicted molar refractivity (Wildman–Crippen MR) is 129 cm³/mol. The van der Waals surface area contributed by atoms with Crippen molar-refractivity contribution in [2.45, 2.75) is 41.4 Å². The van der Waals surface area contributed by atoms with Gasteiger partial charge in [-0.1, -0.05) is 66.7 Å². The van der Waals surface area contributed by atoms with E-state index in [9.17, 15) is 16.8 Å². The lowest BCUT2D eigenvalue weighted by atomic mass is 9.70. The Kier molecular flexibility index (Phi) is 5.59. The monoisotopic (exact) mass is 476 g/mol. The van der Waals surface area contributed by atoms with E-state index in [0.717, 1.165) is 5.56 Å². The fourth-order valence-corrected chi connectivity index (χ4v) is 8.35. The number of allylic oxidation sites excluding steroid dienone is 4. The predicted octanol–water partition coefficient (Wildman–Crippen LogP) is 5.81. The molecule has 0 aromatic heterocycles. The first-order valence-electron chi connectivity index (χ1n) is 11.0. The van der Waals surface area contributed by atoms with Crippen LogP contribution in [0, 0.1) is 0 Å². The number of benzene rings is 3. The van der Waals surface area contributed by atoms with E-state index < -0.39 is 19.7 Å². The summed E-state index contributed by atoms with van der Waals surface area (Å²) in [6.45, 7) is 0. The molecule has 6 heteroatoms.